The predicted octanol–water partition coefficient (Wildman–Crippen LogP) is 2.80. The maximum Gasteiger partial charge on any atom is 0.407 e. The Balaban J connectivity index is 1.73. The summed E-state index contributed by atoms with van der Waals surface area (Å²) in [6, 6.07) is 2.55. The molecule has 1 aromatic heterocycles. The van der Waals surface area contributed by atoms with Gasteiger partial charge in [-0.05, 0) is 51.2 Å². The van der Waals surface area contributed by atoms with Crippen molar-refractivity contribution in [1.82, 2.24) is 15.6 Å². The van der Waals surface area contributed by atoms with Crippen LogP contribution in [0.1, 0.15) is 45.6 Å². The summed E-state index contributed by atoms with van der Waals surface area (Å²) in [5.74, 6) is 0.483. The van der Waals surface area contributed by atoms with E-state index in [1.807, 2.05) is 33.2 Å². The highest BCUT2D eigenvalue weighted by molar-refractivity contribution is 5.67. The van der Waals surface area contributed by atoms with Gasteiger partial charge in [-0.15, -0.1) is 0 Å². The highest BCUT2D eigenvalue weighted by Gasteiger charge is 2.27. The highest BCUT2D eigenvalue weighted by Crippen LogP contribution is 2.25. The van der Waals surface area contributed by atoms with Gasteiger partial charge in [-0.2, -0.15) is 0 Å². The largest absolute Gasteiger partial charge is 0.444 e. The molecule has 0 saturated heterocycles. The summed E-state index contributed by atoms with van der Waals surface area (Å²) < 4.78 is 5.28. The van der Waals surface area contributed by atoms with E-state index in [0.29, 0.717) is 18.5 Å². The van der Waals surface area contributed by atoms with Crippen LogP contribution in [0.5, 0.6) is 0 Å². The number of aromatic amines is 1. The van der Waals surface area contributed by atoms with Crippen molar-refractivity contribution in [3.63, 3.8) is 0 Å². The van der Waals surface area contributed by atoms with E-state index in [2.05, 4.69) is 21.7 Å². The van der Waals surface area contributed by atoms with Crippen LogP contribution in [0.2, 0.25) is 0 Å². The molecule has 1 fully saturated rings. The Labute approximate surface area is 126 Å². The monoisotopic (exact) mass is 293 g/mol. The average molecular weight is 293 g/mol. The van der Waals surface area contributed by atoms with Gasteiger partial charge in [0.25, 0.3) is 0 Å². The van der Waals surface area contributed by atoms with Gasteiger partial charge in [-0.25, -0.2) is 4.79 Å². The van der Waals surface area contributed by atoms with E-state index in [9.17, 15) is 4.79 Å². The molecule has 1 aliphatic carbocycles. The summed E-state index contributed by atoms with van der Waals surface area (Å²) in [5.41, 5.74) is 0.826. The number of carbonyl (C=O) groups excluding carboxylic acids is 1. The molecule has 0 aromatic carbocycles. The van der Waals surface area contributed by atoms with Crippen LogP contribution in [0.4, 0.5) is 4.79 Å². The Hall–Kier alpha value is -1.49. The van der Waals surface area contributed by atoms with Crippen LogP contribution >= 0.6 is 0 Å². The fourth-order valence-corrected chi connectivity index (χ4v) is 2.80. The molecule has 0 spiro atoms. The predicted molar refractivity (Wildman–Crippen MR) is 83.0 cm³/mol. The van der Waals surface area contributed by atoms with E-state index in [1.54, 1.807) is 0 Å². The molecule has 1 aromatic rings. The van der Waals surface area contributed by atoms with Crippen LogP contribution < -0.4 is 10.6 Å². The number of H-pyrrole nitrogens is 1. The Bertz CT molecular complexity index is 437. The quantitative estimate of drug-likeness (QED) is 0.782. The number of rotatable bonds is 5. The molecule has 0 aliphatic heterocycles. The lowest BCUT2D eigenvalue weighted by Gasteiger charge is -2.23. The fraction of sp³-hybridized carbons (Fsp3) is 0.688. The van der Waals surface area contributed by atoms with Crippen LogP contribution in [-0.4, -0.2) is 29.3 Å². The second-order valence-electron chi connectivity index (χ2n) is 6.78. The number of hydrogen-bond acceptors (Lipinski definition) is 3. The van der Waals surface area contributed by atoms with Gasteiger partial charge in [0.15, 0.2) is 0 Å². The highest BCUT2D eigenvalue weighted by atomic mass is 16.6. The first kappa shape index (κ1) is 15.9. The number of carbonyl (C=O) groups is 1. The SMILES string of the molecule is CC(C)(C)OC(=O)NC[C@@H]1CCC[C@@H]1NCc1cc[nH]c1. The molecule has 2 rings (SSSR count). The molecular formula is C16H27N3O2. The first-order valence-electron chi connectivity index (χ1n) is 7.76. The molecule has 1 amide bonds. The number of nitrogens with one attached hydrogen (secondary N) is 3. The number of amides is 1. The molecule has 5 nitrogen and oxygen atoms in total. The Morgan fingerprint density at radius 3 is 2.90 bits per heavy atom. The van der Waals surface area contributed by atoms with Crippen LogP contribution in [0.25, 0.3) is 0 Å². The van der Waals surface area contributed by atoms with Gasteiger partial charge in [0.2, 0.25) is 0 Å². The minimum Gasteiger partial charge on any atom is -0.444 e. The molecule has 2 atom stereocenters. The number of hydrogen-bond donors (Lipinski definition) is 3. The van der Waals surface area contributed by atoms with Crippen molar-refractivity contribution in [3.8, 4) is 0 Å². The summed E-state index contributed by atoms with van der Waals surface area (Å²) in [6.45, 7) is 7.19. The van der Waals surface area contributed by atoms with E-state index in [0.717, 1.165) is 13.0 Å². The van der Waals surface area contributed by atoms with E-state index in [1.165, 1.54) is 18.4 Å². The maximum absolute atomic E-state index is 11.7. The van der Waals surface area contributed by atoms with Crippen molar-refractivity contribution in [3.05, 3.63) is 24.0 Å². The molecule has 118 valence electrons. The first-order chi connectivity index (χ1) is 9.94. The minimum atomic E-state index is -0.439. The zero-order valence-corrected chi connectivity index (χ0v) is 13.2. The lowest BCUT2D eigenvalue weighted by molar-refractivity contribution is 0.0517. The Morgan fingerprint density at radius 2 is 2.24 bits per heavy atom. The summed E-state index contributed by atoms with van der Waals surface area (Å²) in [4.78, 5) is 14.8. The van der Waals surface area contributed by atoms with Gasteiger partial charge < -0.3 is 20.4 Å². The zero-order chi connectivity index (χ0) is 15.3. The Kier molecular flexibility index (Phi) is 5.28. The molecule has 0 radical (unpaired) electrons. The first-order valence-corrected chi connectivity index (χ1v) is 7.76. The molecular weight excluding hydrogens is 266 g/mol. The summed E-state index contributed by atoms with van der Waals surface area (Å²) in [5, 5.41) is 6.49. The van der Waals surface area contributed by atoms with E-state index >= 15 is 0 Å². The fourth-order valence-electron chi connectivity index (χ4n) is 2.80. The molecule has 0 bridgehead atoms. The molecule has 5 heteroatoms. The van der Waals surface area contributed by atoms with E-state index in [-0.39, 0.29) is 6.09 Å². The van der Waals surface area contributed by atoms with Crippen molar-refractivity contribution in [2.24, 2.45) is 5.92 Å². The third-order valence-electron chi connectivity index (χ3n) is 3.80. The third-order valence-corrected chi connectivity index (χ3v) is 3.80. The van der Waals surface area contributed by atoms with Crippen molar-refractivity contribution < 1.29 is 9.53 Å². The zero-order valence-electron chi connectivity index (χ0n) is 13.2. The average Bonchev–Trinajstić information content (AvgIpc) is 3.03. The third kappa shape index (κ3) is 5.42. The summed E-state index contributed by atoms with van der Waals surface area (Å²) >= 11 is 0. The lowest BCUT2D eigenvalue weighted by atomic mass is 10.0. The molecule has 1 saturated carbocycles. The molecule has 3 N–H and O–H groups in total. The van der Waals surface area contributed by atoms with Gasteiger partial charge >= 0.3 is 6.09 Å². The van der Waals surface area contributed by atoms with Crippen molar-refractivity contribution >= 4 is 6.09 Å². The van der Waals surface area contributed by atoms with E-state index in [4.69, 9.17) is 4.74 Å². The number of alkyl carbamates (subject to hydrolysis) is 1. The topological polar surface area (TPSA) is 66.2 Å². The Morgan fingerprint density at radius 1 is 1.43 bits per heavy atom. The van der Waals surface area contributed by atoms with Gasteiger partial charge in [0.1, 0.15) is 5.60 Å². The van der Waals surface area contributed by atoms with Crippen molar-refractivity contribution in [2.75, 3.05) is 6.54 Å². The standard InChI is InChI=1S/C16H27N3O2/c1-16(2,3)21-15(20)19-11-13-5-4-6-14(13)18-10-12-7-8-17-9-12/h7-9,13-14,17-18H,4-6,10-11H2,1-3H3,(H,19,20)/t13-,14-/m0/s1. The van der Waals surface area contributed by atoms with Gasteiger partial charge in [-0.1, -0.05) is 6.42 Å². The van der Waals surface area contributed by atoms with Gasteiger partial charge in [-0.3, -0.25) is 0 Å². The second kappa shape index (κ2) is 6.98. The number of ether oxygens (including phenoxy) is 1. The smallest absolute Gasteiger partial charge is 0.407 e. The lowest BCUT2D eigenvalue weighted by Crippen LogP contribution is -2.40. The van der Waals surface area contributed by atoms with Gasteiger partial charge in [0.05, 0.1) is 0 Å². The summed E-state index contributed by atoms with van der Waals surface area (Å²) in [6.07, 6.45) is 7.17. The molecule has 1 heterocycles. The minimum absolute atomic E-state index is 0.321. The molecule has 21 heavy (non-hydrogen) atoms. The second-order valence-corrected chi connectivity index (χ2v) is 6.78. The van der Waals surface area contributed by atoms with Crippen molar-refractivity contribution in [2.45, 2.75) is 58.2 Å². The summed E-state index contributed by atoms with van der Waals surface area (Å²) in [7, 11) is 0. The van der Waals surface area contributed by atoms with Crippen LogP contribution in [0.15, 0.2) is 18.5 Å². The van der Waals surface area contributed by atoms with Crippen LogP contribution in [-0.2, 0) is 11.3 Å². The number of aromatic nitrogens is 1. The molecule has 0 unspecified atom stereocenters. The van der Waals surface area contributed by atoms with Gasteiger partial charge in [0, 0.05) is 31.5 Å². The van der Waals surface area contributed by atoms with Crippen molar-refractivity contribution in [1.29, 1.82) is 0 Å². The van der Waals surface area contributed by atoms with E-state index < -0.39 is 5.60 Å². The van der Waals surface area contributed by atoms with Crippen LogP contribution in [0, 0.1) is 5.92 Å². The normalized spacial score (nSPS) is 22.2. The molecule has 1 aliphatic rings. The van der Waals surface area contributed by atoms with Crippen LogP contribution in [0.3, 0.4) is 0 Å². The maximum atomic E-state index is 11.7.